The molecule has 0 saturated heterocycles. The molecule has 0 fully saturated rings. The summed E-state index contributed by atoms with van der Waals surface area (Å²) in [6.45, 7) is 0.478. The maximum absolute atomic E-state index is 12.5. The van der Waals surface area contributed by atoms with Crippen molar-refractivity contribution in [3.63, 3.8) is 0 Å². The van der Waals surface area contributed by atoms with E-state index in [4.69, 9.17) is 0 Å². The molecule has 2 aromatic heterocycles. The molecule has 25 heavy (non-hydrogen) atoms. The summed E-state index contributed by atoms with van der Waals surface area (Å²) in [6.07, 6.45) is 0.863. The van der Waals surface area contributed by atoms with Crippen LogP contribution in [0.4, 0.5) is 19.1 Å². The zero-order chi connectivity index (χ0) is 17.9. The van der Waals surface area contributed by atoms with Gasteiger partial charge >= 0.3 is 11.9 Å². The van der Waals surface area contributed by atoms with Crippen molar-refractivity contribution in [1.82, 2.24) is 19.9 Å². The molecule has 0 aliphatic heterocycles. The molecule has 0 unspecified atom stereocenters. The predicted molar refractivity (Wildman–Crippen MR) is 86.1 cm³/mol. The van der Waals surface area contributed by atoms with Crippen LogP contribution >= 0.6 is 0 Å². The highest BCUT2D eigenvalue weighted by Crippen LogP contribution is 2.29. The minimum absolute atomic E-state index is 0.311. The fourth-order valence-electron chi connectivity index (χ4n) is 2.23. The van der Waals surface area contributed by atoms with Gasteiger partial charge in [-0.3, -0.25) is 0 Å². The number of nitrogens with one attached hydrogen (secondary N) is 3. The molecule has 1 aromatic carbocycles. The van der Waals surface area contributed by atoms with E-state index in [0.717, 1.165) is 17.7 Å². The quantitative estimate of drug-likeness (QED) is 0.661. The fourth-order valence-corrected chi connectivity index (χ4v) is 2.23. The molecule has 2 heterocycles. The number of alkyl halides is 3. The number of halogens is 3. The van der Waals surface area contributed by atoms with Gasteiger partial charge in [0.1, 0.15) is 0 Å². The van der Waals surface area contributed by atoms with Crippen LogP contribution in [0.2, 0.25) is 0 Å². The Labute approximate surface area is 140 Å². The van der Waals surface area contributed by atoms with Crippen LogP contribution in [0.25, 0.3) is 11.3 Å². The maximum atomic E-state index is 12.5. The SMILES string of the molecule is O=c1[nH]cc(-c2cnc(NCCc3ccc(C(F)(F)F)cc3)nc2)[nH]1. The second-order valence-electron chi connectivity index (χ2n) is 5.32. The van der Waals surface area contributed by atoms with Crippen LogP contribution < -0.4 is 11.0 Å². The topological polar surface area (TPSA) is 86.5 Å². The number of benzene rings is 1. The minimum atomic E-state index is -4.32. The summed E-state index contributed by atoms with van der Waals surface area (Å²) in [5, 5.41) is 3.00. The zero-order valence-electron chi connectivity index (χ0n) is 12.9. The number of rotatable bonds is 5. The maximum Gasteiger partial charge on any atom is 0.416 e. The first-order chi connectivity index (χ1) is 11.9. The number of nitrogens with zero attached hydrogens (tertiary/aromatic N) is 2. The van der Waals surface area contributed by atoms with Crippen LogP contribution in [-0.4, -0.2) is 26.5 Å². The van der Waals surface area contributed by atoms with Crippen molar-refractivity contribution in [2.24, 2.45) is 0 Å². The van der Waals surface area contributed by atoms with Gasteiger partial charge in [0.25, 0.3) is 0 Å². The lowest BCUT2D eigenvalue weighted by Gasteiger charge is -2.08. The average Bonchev–Trinajstić information content (AvgIpc) is 3.02. The molecule has 0 bridgehead atoms. The van der Waals surface area contributed by atoms with E-state index in [0.29, 0.717) is 30.2 Å². The molecular weight excluding hydrogens is 335 g/mol. The van der Waals surface area contributed by atoms with Gasteiger partial charge in [0.15, 0.2) is 0 Å². The molecule has 0 saturated carbocycles. The lowest BCUT2D eigenvalue weighted by Crippen LogP contribution is -2.09. The molecule has 3 N–H and O–H groups in total. The van der Waals surface area contributed by atoms with Gasteiger partial charge in [0.2, 0.25) is 5.95 Å². The number of hydrogen-bond donors (Lipinski definition) is 3. The van der Waals surface area contributed by atoms with Crippen molar-refractivity contribution in [3.8, 4) is 11.3 Å². The first kappa shape index (κ1) is 16.7. The van der Waals surface area contributed by atoms with E-state index < -0.39 is 11.7 Å². The average molecular weight is 349 g/mol. The van der Waals surface area contributed by atoms with Crippen molar-refractivity contribution in [2.75, 3.05) is 11.9 Å². The monoisotopic (exact) mass is 349 g/mol. The van der Waals surface area contributed by atoms with Gasteiger partial charge in [-0.05, 0) is 24.1 Å². The molecule has 6 nitrogen and oxygen atoms in total. The molecule has 0 amide bonds. The number of imidazole rings is 1. The standard InChI is InChI=1S/C16H14F3N5O/c17-16(18,19)12-3-1-10(2-4-12)5-6-20-14-21-7-11(8-22-14)13-9-23-15(25)24-13/h1-4,7-9H,5-6H2,(H,20,21,22)(H2,23,24,25). The van der Waals surface area contributed by atoms with Gasteiger partial charge in [0, 0.05) is 30.7 Å². The Morgan fingerprint density at radius 2 is 1.76 bits per heavy atom. The number of H-pyrrole nitrogens is 2. The van der Waals surface area contributed by atoms with Gasteiger partial charge in [-0.25, -0.2) is 14.8 Å². The Morgan fingerprint density at radius 1 is 1.08 bits per heavy atom. The Balaban J connectivity index is 1.54. The molecule has 130 valence electrons. The molecule has 0 aliphatic rings. The van der Waals surface area contributed by atoms with Crippen molar-refractivity contribution in [1.29, 1.82) is 0 Å². The lowest BCUT2D eigenvalue weighted by molar-refractivity contribution is -0.137. The zero-order valence-corrected chi connectivity index (χ0v) is 12.9. The largest absolute Gasteiger partial charge is 0.416 e. The second kappa shape index (κ2) is 6.80. The van der Waals surface area contributed by atoms with Gasteiger partial charge in [-0.1, -0.05) is 12.1 Å². The third-order valence-corrected chi connectivity index (χ3v) is 3.54. The third-order valence-electron chi connectivity index (χ3n) is 3.54. The fraction of sp³-hybridized carbons (Fsp3) is 0.188. The van der Waals surface area contributed by atoms with Gasteiger partial charge in [-0.2, -0.15) is 13.2 Å². The minimum Gasteiger partial charge on any atom is -0.354 e. The van der Waals surface area contributed by atoms with Crippen molar-refractivity contribution in [2.45, 2.75) is 12.6 Å². The van der Waals surface area contributed by atoms with Crippen LogP contribution in [0.3, 0.4) is 0 Å². The van der Waals surface area contributed by atoms with E-state index in [9.17, 15) is 18.0 Å². The Hall–Kier alpha value is -3.10. The van der Waals surface area contributed by atoms with E-state index in [-0.39, 0.29) is 5.69 Å². The van der Waals surface area contributed by atoms with E-state index in [1.165, 1.54) is 18.3 Å². The van der Waals surface area contributed by atoms with Crippen LogP contribution in [0, 0.1) is 0 Å². The summed E-state index contributed by atoms with van der Waals surface area (Å²) in [7, 11) is 0. The molecule has 0 radical (unpaired) electrons. The number of hydrogen-bond acceptors (Lipinski definition) is 4. The molecule has 0 atom stereocenters. The van der Waals surface area contributed by atoms with E-state index in [1.54, 1.807) is 12.4 Å². The van der Waals surface area contributed by atoms with E-state index >= 15 is 0 Å². The van der Waals surface area contributed by atoms with Gasteiger partial charge in [-0.15, -0.1) is 0 Å². The summed E-state index contributed by atoms with van der Waals surface area (Å²) < 4.78 is 37.5. The summed E-state index contributed by atoms with van der Waals surface area (Å²) in [5.41, 5.74) is 1.05. The number of aromatic nitrogens is 4. The smallest absolute Gasteiger partial charge is 0.354 e. The van der Waals surface area contributed by atoms with Crippen LogP contribution in [0.15, 0.2) is 47.7 Å². The predicted octanol–water partition coefficient (Wildman–Crippen LogP) is 2.83. The molecular formula is C16H14F3N5O. The summed E-state index contributed by atoms with van der Waals surface area (Å²) >= 11 is 0. The van der Waals surface area contributed by atoms with Crippen LogP contribution in [0.1, 0.15) is 11.1 Å². The molecule has 3 rings (SSSR count). The molecule has 9 heteroatoms. The van der Waals surface area contributed by atoms with E-state index in [2.05, 4.69) is 25.3 Å². The first-order valence-corrected chi connectivity index (χ1v) is 7.42. The third kappa shape index (κ3) is 4.25. The molecule has 0 spiro atoms. The van der Waals surface area contributed by atoms with E-state index in [1.807, 2.05) is 0 Å². The highest BCUT2D eigenvalue weighted by molar-refractivity contribution is 5.56. The number of anilines is 1. The normalized spacial score (nSPS) is 11.5. The van der Waals surface area contributed by atoms with Crippen LogP contribution in [-0.2, 0) is 12.6 Å². The van der Waals surface area contributed by atoms with Crippen molar-refractivity contribution >= 4 is 5.95 Å². The highest BCUT2D eigenvalue weighted by atomic mass is 19.4. The first-order valence-electron chi connectivity index (χ1n) is 7.42. The Bertz CT molecular complexity index is 882. The number of aromatic amines is 2. The Kier molecular flexibility index (Phi) is 4.55. The lowest BCUT2D eigenvalue weighted by atomic mass is 10.1. The van der Waals surface area contributed by atoms with Crippen molar-refractivity contribution < 1.29 is 13.2 Å². The van der Waals surface area contributed by atoms with Gasteiger partial charge in [0.05, 0.1) is 11.3 Å². The second-order valence-corrected chi connectivity index (χ2v) is 5.32. The Morgan fingerprint density at radius 3 is 2.32 bits per heavy atom. The molecule has 3 aromatic rings. The molecule has 0 aliphatic carbocycles. The van der Waals surface area contributed by atoms with Crippen molar-refractivity contribution in [3.05, 3.63) is 64.5 Å². The van der Waals surface area contributed by atoms with Gasteiger partial charge < -0.3 is 15.3 Å². The summed E-state index contributed by atoms with van der Waals surface area (Å²) in [6, 6.07) is 5.05. The highest BCUT2D eigenvalue weighted by Gasteiger charge is 2.29. The summed E-state index contributed by atoms with van der Waals surface area (Å²) in [5.74, 6) is 0.397. The summed E-state index contributed by atoms with van der Waals surface area (Å²) in [4.78, 5) is 24.4. The van der Waals surface area contributed by atoms with Crippen LogP contribution in [0.5, 0.6) is 0 Å².